The summed E-state index contributed by atoms with van der Waals surface area (Å²) >= 11 is 0. The van der Waals surface area contributed by atoms with Crippen LogP contribution >= 0.6 is 0 Å². The van der Waals surface area contributed by atoms with Crippen LogP contribution in [0.3, 0.4) is 0 Å². The number of benzene rings is 2. The van der Waals surface area contributed by atoms with E-state index < -0.39 is 0 Å². The molecule has 3 rings (SSSR count). The van der Waals surface area contributed by atoms with Crippen LogP contribution < -0.4 is 4.74 Å². The minimum Gasteiger partial charge on any atom is -0.497 e. The smallest absolute Gasteiger partial charge is 0.166 e. The number of methoxy groups -OCH3 is 1. The molecule has 0 N–H and O–H groups in total. The standard InChI is InChI=1S/C21H24FNO2/c1-15(19-5-3-4-6-20(19)22)23-13-11-17(12-14-23)21(24)16-7-9-18(25-2)10-8-16/h3-10,15,17H,11-14H2,1-2H3. The molecule has 0 radical (unpaired) electrons. The van der Waals surface area contributed by atoms with Gasteiger partial charge in [0.2, 0.25) is 0 Å². The zero-order valence-electron chi connectivity index (χ0n) is 14.7. The first-order chi connectivity index (χ1) is 12.1. The van der Waals surface area contributed by atoms with Crippen molar-refractivity contribution in [1.29, 1.82) is 0 Å². The summed E-state index contributed by atoms with van der Waals surface area (Å²) in [6, 6.07) is 14.3. The number of piperidine rings is 1. The fourth-order valence-corrected chi connectivity index (χ4v) is 3.55. The molecule has 25 heavy (non-hydrogen) atoms. The molecule has 0 aliphatic carbocycles. The summed E-state index contributed by atoms with van der Waals surface area (Å²) in [4.78, 5) is 14.9. The molecule has 0 aromatic heterocycles. The number of rotatable bonds is 5. The van der Waals surface area contributed by atoms with Gasteiger partial charge in [-0.1, -0.05) is 18.2 Å². The summed E-state index contributed by atoms with van der Waals surface area (Å²) in [5, 5.41) is 0. The van der Waals surface area contributed by atoms with Crippen LogP contribution in [0, 0.1) is 11.7 Å². The molecule has 1 saturated heterocycles. The quantitative estimate of drug-likeness (QED) is 0.751. The molecule has 2 aromatic carbocycles. The molecule has 1 fully saturated rings. The number of carbonyl (C=O) groups excluding carboxylic acids is 1. The van der Waals surface area contributed by atoms with Gasteiger partial charge in [0, 0.05) is 23.1 Å². The molecule has 1 aliphatic rings. The predicted octanol–water partition coefficient (Wildman–Crippen LogP) is 4.49. The molecule has 3 nitrogen and oxygen atoms in total. The first-order valence-corrected chi connectivity index (χ1v) is 8.77. The highest BCUT2D eigenvalue weighted by molar-refractivity contribution is 5.98. The van der Waals surface area contributed by atoms with Crippen LogP contribution in [0.25, 0.3) is 0 Å². The number of carbonyl (C=O) groups is 1. The summed E-state index contributed by atoms with van der Waals surface area (Å²) in [7, 11) is 1.61. The van der Waals surface area contributed by atoms with E-state index in [4.69, 9.17) is 4.74 Å². The molecule has 2 aromatic rings. The van der Waals surface area contributed by atoms with Gasteiger partial charge >= 0.3 is 0 Å². The van der Waals surface area contributed by atoms with E-state index in [2.05, 4.69) is 4.90 Å². The summed E-state index contributed by atoms with van der Waals surface area (Å²) in [5.74, 6) is 0.829. The van der Waals surface area contributed by atoms with Crippen LogP contribution in [0.15, 0.2) is 48.5 Å². The number of hydrogen-bond donors (Lipinski definition) is 0. The van der Waals surface area contributed by atoms with Gasteiger partial charge in [-0.25, -0.2) is 4.39 Å². The van der Waals surface area contributed by atoms with Gasteiger partial charge in [0.1, 0.15) is 11.6 Å². The number of ether oxygens (including phenoxy) is 1. The Hall–Kier alpha value is -2.20. The molecule has 0 saturated carbocycles. The third-order valence-electron chi connectivity index (χ3n) is 5.18. The van der Waals surface area contributed by atoms with E-state index in [0.717, 1.165) is 42.8 Å². The van der Waals surface area contributed by atoms with Gasteiger partial charge in [-0.15, -0.1) is 0 Å². The lowest BCUT2D eigenvalue weighted by Crippen LogP contribution is -2.38. The summed E-state index contributed by atoms with van der Waals surface area (Å²) < 4.78 is 19.1. The second kappa shape index (κ2) is 7.79. The van der Waals surface area contributed by atoms with Gasteiger partial charge in [-0.05, 0) is 63.2 Å². The molecule has 1 aliphatic heterocycles. The first kappa shape index (κ1) is 17.6. The fraction of sp³-hybridized carbons (Fsp3) is 0.381. The molecule has 4 heteroatoms. The maximum atomic E-state index is 14.0. The van der Waals surface area contributed by atoms with Gasteiger partial charge in [-0.3, -0.25) is 9.69 Å². The molecule has 132 valence electrons. The third kappa shape index (κ3) is 3.90. The van der Waals surface area contributed by atoms with E-state index in [1.54, 1.807) is 13.2 Å². The maximum Gasteiger partial charge on any atom is 0.166 e. The minimum absolute atomic E-state index is 0.0261. The predicted molar refractivity (Wildman–Crippen MR) is 96.4 cm³/mol. The Balaban J connectivity index is 1.61. The van der Waals surface area contributed by atoms with Crippen molar-refractivity contribution in [1.82, 2.24) is 4.90 Å². The molecule has 1 heterocycles. The lowest BCUT2D eigenvalue weighted by molar-refractivity contribution is 0.0799. The van der Waals surface area contributed by atoms with Crippen LogP contribution in [0.2, 0.25) is 0 Å². The normalized spacial score (nSPS) is 17.2. The maximum absolute atomic E-state index is 14.0. The van der Waals surface area contributed by atoms with Crippen LogP contribution in [-0.4, -0.2) is 30.9 Å². The van der Waals surface area contributed by atoms with Gasteiger partial charge in [0.25, 0.3) is 0 Å². The number of likely N-dealkylation sites (tertiary alicyclic amines) is 1. The second-order valence-corrected chi connectivity index (χ2v) is 6.60. The van der Waals surface area contributed by atoms with Crippen LogP contribution in [-0.2, 0) is 0 Å². The van der Waals surface area contributed by atoms with Crippen molar-refractivity contribution in [3.8, 4) is 5.75 Å². The van der Waals surface area contributed by atoms with Crippen LogP contribution in [0.1, 0.15) is 41.7 Å². The second-order valence-electron chi connectivity index (χ2n) is 6.60. The van der Waals surface area contributed by atoms with E-state index in [-0.39, 0.29) is 23.6 Å². The summed E-state index contributed by atoms with van der Waals surface area (Å²) in [5.41, 5.74) is 1.46. The monoisotopic (exact) mass is 341 g/mol. The molecule has 0 bridgehead atoms. The SMILES string of the molecule is COc1ccc(C(=O)C2CCN(C(C)c3ccccc3F)CC2)cc1. The Labute approximate surface area is 148 Å². The largest absolute Gasteiger partial charge is 0.497 e. The summed E-state index contributed by atoms with van der Waals surface area (Å²) in [6.45, 7) is 3.65. The first-order valence-electron chi connectivity index (χ1n) is 8.77. The number of nitrogens with zero attached hydrogens (tertiary/aromatic N) is 1. The molecule has 0 amide bonds. The van der Waals surface area contributed by atoms with Gasteiger partial charge < -0.3 is 4.74 Å². The van der Waals surface area contributed by atoms with Gasteiger partial charge in [0.15, 0.2) is 5.78 Å². The number of halogens is 1. The van der Waals surface area contributed by atoms with E-state index >= 15 is 0 Å². The number of hydrogen-bond acceptors (Lipinski definition) is 3. The van der Waals surface area contributed by atoms with Crippen LogP contribution in [0.4, 0.5) is 4.39 Å². The van der Waals surface area contributed by atoms with Crippen molar-refractivity contribution in [3.63, 3.8) is 0 Å². The lowest BCUT2D eigenvalue weighted by Gasteiger charge is -2.35. The Morgan fingerprint density at radius 3 is 2.36 bits per heavy atom. The van der Waals surface area contributed by atoms with Crippen LogP contribution in [0.5, 0.6) is 5.75 Å². The zero-order chi connectivity index (χ0) is 17.8. The Kier molecular flexibility index (Phi) is 5.49. The van der Waals surface area contributed by atoms with E-state index in [0.29, 0.717) is 0 Å². The fourth-order valence-electron chi connectivity index (χ4n) is 3.55. The van der Waals surface area contributed by atoms with Crippen molar-refractivity contribution in [2.24, 2.45) is 5.92 Å². The average molecular weight is 341 g/mol. The highest BCUT2D eigenvalue weighted by Crippen LogP contribution is 2.29. The Bertz CT molecular complexity index is 721. The van der Waals surface area contributed by atoms with Crippen molar-refractivity contribution in [3.05, 3.63) is 65.5 Å². The average Bonchev–Trinajstić information content (AvgIpc) is 2.67. The third-order valence-corrected chi connectivity index (χ3v) is 5.18. The Morgan fingerprint density at radius 1 is 1.12 bits per heavy atom. The molecule has 0 spiro atoms. The van der Waals surface area contributed by atoms with Crippen molar-refractivity contribution in [2.45, 2.75) is 25.8 Å². The molecular weight excluding hydrogens is 317 g/mol. The van der Waals surface area contributed by atoms with E-state index in [9.17, 15) is 9.18 Å². The highest BCUT2D eigenvalue weighted by Gasteiger charge is 2.29. The highest BCUT2D eigenvalue weighted by atomic mass is 19.1. The number of Topliss-reactive ketones (excluding diaryl/α,β-unsaturated/α-hetero) is 1. The zero-order valence-corrected chi connectivity index (χ0v) is 14.7. The van der Waals surface area contributed by atoms with E-state index in [1.165, 1.54) is 6.07 Å². The topological polar surface area (TPSA) is 29.5 Å². The lowest BCUT2D eigenvalue weighted by atomic mass is 9.88. The van der Waals surface area contributed by atoms with E-state index in [1.807, 2.05) is 43.3 Å². The minimum atomic E-state index is -0.161. The number of ketones is 1. The van der Waals surface area contributed by atoms with Crippen molar-refractivity contribution in [2.75, 3.05) is 20.2 Å². The van der Waals surface area contributed by atoms with Gasteiger partial charge in [0.05, 0.1) is 7.11 Å². The van der Waals surface area contributed by atoms with Crippen molar-refractivity contribution >= 4 is 5.78 Å². The summed E-state index contributed by atoms with van der Waals surface area (Å²) in [6.07, 6.45) is 1.62. The molecule has 1 unspecified atom stereocenters. The molecular formula is C21H24FNO2. The van der Waals surface area contributed by atoms with Gasteiger partial charge in [-0.2, -0.15) is 0 Å². The molecule has 1 atom stereocenters. The van der Waals surface area contributed by atoms with Crippen molar-refractivity contribution < 1.29 is 13.9 Å². The Morgan fingerprint density at radius 2 is 1.76 bits per heavy atom.